The first-order chi connectivity index (χ1) is 15.2. The van der Waals surface area contributed by atoms with Crippen molar-refractivity contribution in [3.8, 4) is 11.4 Å². The number of carbonyl (C=O) groups is 1. The highest BCUT2D eigenvalue weighted by Gasteiger charge is 2.16. The maximum absolute atomic E-state index is 12.5. The molecule has 170 valence electrons. The molecule has 8 nitrogen and oxygen atoms in total. The molecular formula is C22H27N5O3S2. The average molecular weight is 474 g/mol. The Bertz CT molecular complexity index is 1280. The van der Waals surface area contributed by atoms with Crippen LogP contribution in [-0.4, -0.2) is 42.2 Å². The van der Waals surface area contributed by atoms with Crippen molar-refractivity contribution in [1.29, 1.82) is 0 Å². The predicted molar refractivity (Wildman–Crippen MR) is 126 cm³/mol. The van der Waals surface area contributed by atoms with E-state index in [1.54, 1.807) is 23.6 Å². The van der Waals surface area contributed by atoms with Gasteiger partial charge in [0.25, 0.3) is 0 Å². The number of amides is 1. The lowest BCUT2D eigenvalue weighted by Crippen LogP contribution is -2.35. The zero-order valence-electron chi connectivity index (χ0n) is 18.3. The third-order valence-corrected chi connectivity index (χ3v) is 6.88. The number of aromatic amines is 1. The second kappa shape index (κ2) is 10.2. The molecule has 0 aliphatic rings. The molecule has 0 atom stereocenters. The molecule has 10 heteroatoms. The second-order valence-corrected chi connectivity index (χ2v) is 9.76. The first kappa shape index (κ1) is 23.8. The fraction of sp³-hybridized carbons (Fsp3) is 0.318. The van der Waals surface area contributed by atoms with E-state index >= 15 is 0 Å². The molecule has 1 amide bonds. The third kappa shape index (κ3) is 5.90. The first-order valence-electron chi connectivity index (χ1n) is 10.2. The summed E-state index contributed by atoms with van der Waals surface area (Å²) in [4.78, 5) is 12.5. The molecule has 0 saturated heterocycles. The van der Waals surface area contributed by atoms with Crippen molar-refractivity contribution in [1.82, 2.24) is 24.8 Å². The van der Waals surface area contributed by atoms with Crippen LogP contribution in [0.3, 0.4) is 0 Å². The van der Waals surface area contributed by atoms with Crippen molar-refractivity contribution in [3.63, 3.8) is 0 Å². The molecule has 3 aromatic rings. The molecule has 1 heterocycles. The lowest BCUT2D eigenvalue weighted by atomic mass is 10.1. The van der Waals surface area contributed by atoms with E-state index in [9.17, 15) is 13.2 Å². The molecule has 1 aromatic heterocycles. The molecule has 0 bridgehead atoms. The number of carbonyl (C=O) groups excluding carboxylic acids is 1. The summed E-state index contributed by atoms with van der Waals surface area (Å²) >= 11 is 5.31. The van der Waals surface area contributed by atoms with E-state index < -0.39 is 10.0 Å². The summed E-state index contributed by atoms with van der Waals surface area (Å²) in [5.74, 6) is 0.474. The van der Waals surface area contributed by atoms with Gasteiger partial charge in [-0.2, -0.15) is 5.10 Å². The normalized spacial score (nSPS) is 11.5. The van der Waals surface area contributed by atoms with E-state index in [1.165, 1.54) is 0 Å². The van der Waals surface area contributed by atoms with Gasteiger partial charge in [-0.3, -0.25) is 14.5 Å². The molecule has 0 fully saturated rings. The van der Waals surface area contributed by atoms with E-state index in [2.05, 4.69) is 20.2 Å². The number of aryl methyl sites for hydroxylation is 3. The fourth-order valence-corrected chi connectivity index (χ4v) is 4.88. The second-order valence-electron chi connectivity index (χ2n) is 7.64. The van der Waals surface area contributed by atoms with Gasteiger partial charge in [0.1, 0.15) is 0 Å². The van der Waals surface area contributed by atoms with Crippen molar-refractivity contribution in [3.05, 3.63) is 63.9 Å². The van der Waals surface area contributed by atoms with Gasteiger partial charge in [0, 0.05) is 31.6 Å². The summed E-state index contributed by atoms with van der Waals surface area (Å²) < 4.78 is 29.8. The smallest absolute Gasteiger partial charge is 0.240 e. The highest BCUT2D eigenvalue weighted by atomic mass is 32.2. The van der Waals surface area contributed by atoms with Crippen LogP contribution >= 0.6 is 12.2 Å². The molecule has 0 saturated carbocycles. The van der Waals surface area contributed by atoms with Crippen molar-refractivity contribution in [2.24, 2.45) is 0 Å². The maximum atomic E-state index is 12.5. The van der Waals surface area contributed by atoms with Gasteiger partial charge in [-0.1, -0.05) is 35.9 Å². The standard InChI is InChI=1S/C22H27N5O3S2/c1-15-5-4-6-18(13-15)21-25-26-22(31)27(21)12-9-20(28)23-10-11-24-32(29,30)19-14-16(2)7-8-17(19)3/h4-8,13-14,24H,9-12H2,1-3H3,(H,23,28)(H,26,31). The van der Waals surface area contributed by atoms with Gasteiger partial charge >= 0.3 is 0 Å². The number of hydrogen-bond acceptors (Lipinski definition) is 5. The molecule has 0 spiro atoms. The van der Waals surface area contributed by atoms with Crippen LogP contribution in [0.15, 0.2) is 47.4 Å². The van der Waals surface area contributed by atoms with Crippen LogP contribution in [0, 0.1) is 25.5 Å². The zero-order chi connectivity index (χ0) is 23.3. The summed E-state index contributed by atoms with van der Waals surface area (Å²) in [7, 11) is -3.64. The zero-order valence-corrected chi connectivity index (χ0v) is 19.9. The largest absolute Gasteiger partial charge is 0.355 e. The number of nitrogens with one attached hydrogen (secondary N) is 3. The van der Waals surface area contributed by atoms with Crippen LogP contribution in [0.5, 0.6) is 0 Å². The van der Waals surface area contributed by atoms with Crippen molar-refractivity contribution in [2.75, 3.05) is 13.1 Å². The lowest BCUT2D eigenvalue weighted by Gasteiger charge is -2.11. The van der Waals surface area contributed by atoms with Crippen LogP contribution in [0.4, 0.5) is 0 Å². The monoisotopic (exact) mass is 473 g/mol. The number of H-pyrrole nitrogens is 1. The average Bonchev–Trinajstić information content (AvgIpc) is 3.11. The van der Waals surface area contributed by atoms with E-state index in [1.807, 2.05) is 44.2 Å². The molecule has 2 aromatic carbocycles. The minimum Gasteiger partial charge on any atom is -0.355 e. The van der Waals surface area contributed by atoms with Crippen molar-refractivity contribution < 1.29 is 13.2 Å². The van der Waals surface area contributed by atoms with Gasteiger partial charge in [-0.25, -0.2) is 13.1 Å². The predicted octanol–water partition coefficient (Wildman–Crippen LogP) is 3.02. The van der Waals surface area contributed by atoms with Gasteiger partial charge in [0.15, 0.2) is 10.6 Å². The van der Waals surface area contributed by atoms with Gasteiger partial charge in [0.05, 0.1) is 4.90 Å². The molecule has 32 heavy (non-hydrogen) atoms. The quantitative estimate of drug-likeness (QED) is 0.327. The number of sulfonamides is 1. The Morgan fingerprint density at radius 3 is 2.59 bits per heavy atom. The molecule has 0 aliphatic heterocycles. The lowest BCUT2D eigenvalue weighted by molar-refractivity contribution is -0.121. The van der Waals surface area contributed by atoms with Crippen molar-refractivity contribution >= 4 is 28.1 Å². The van der Waals surface area contributed by atoms with E-state index in [0.717, 1.165) is 16.7 Å². The molecule has 0 aliphatic carbocycles. The Labute approximate surface area is 193 Å². The van der Waals surface area contributed by atoms with Crippen molar-refractivity contribution in [2.45, 2.75) is 38.6 Å². The van der Waals surface area contributed by atoms with Crippen LogP contribution < -0.4 is 10.0 Å². The van der Waals surface area contributed by atoms with E-state index in [-0.39, 0.29) is 30.3 Å². The topological polar surface area (TPSA) is 109 Å². The third-order valence-electron chi connectivity index (χ3n) is 4.97. The Morgan fingerprint density at radius 1 is 1.09 bits per heavy atom. The number of aromatic nitrogens is 3. The molecule has 3 rings (SSSR count). The Kier molecular flexibility index (Phi) is 7.60. The summed E-state index contributed by atoms with van der Waals surface area (Å²) in [6.07, 6.45) is 0.191. The summed E-state index contributed by atoms with van der Waals surface area (Å²) in [6, 6.07) is 13.2. The summed E-state index contributed by atoms with van der Waals surface area (Å²) in [5.41, 5.74) is 3.56. The van der Waals surface area contributed by atoms with Gasteiger partial charge in [-0.05, 0) is 56.2 Å². The first-order valence-corrected chi connectivity index (χ1v) is 12.1. The van der Waals surface area contributed by atoms with Gasteiger partial charge in [-0.15, -0.1) is 0 Å². The Balaban J connectivity index is 1.52. The van der Waals surface area contributed by atoms with Gasteiger partial charge < -0.3 is 5.32 Å². The Hall–Kier alpha value is -2.82. The Morgan fingerprint density at radius 2 is 1.84 bits per heavy atom. The number of nitrogens with zero attached hydrogens (tertiary/aromatic N) is 2. The molecule has 0 unspecified atom stereocenters. The van der Waals surface area contributed by atoms with Crippen LogP contribution in [0.2, 0.25) is 0 Å². The maximum Gasteiger partial charge on any atom is 0.240 e. The fourth-order valence-electron chi connectivity index (χ4n) is 3.29. The molecule has 0 radical (unpaired) electrons. The minimum absolute atomic E-state index is 0.0984. The summed E-state index contributed by atoms with van der Waals surface area (Å²) in [5, 5.41) is 9.81. The SMILES string of the molecule is Cc1cccc(-c2n[nH]c(=S)n2CCC(=O)NCCNS(=O)(=O)c2cc(C)ccc2C)c1. The van der Waals surface area contributed by atoms with Crippen LogP contribution in [-0.2, 0) is 21.4 Å². The number of benzene rings is 2. The molecule has 3 N–H and O–H groups in total. The highest BCUT2D eigenvalue weighted by Crippen LogP contribution is 2.19. The summed E-state index contributed by atoms with van der Waals surface area (Å²) in [6.45, 7) is 6.23. The highest BCUT2D eigenvalue weighted by molar-refractivity contribution is 7.89. The number of hydrogen-bond donors (Lipinski definition) is 3. The van der Waals surface area contributed by atoms with Gasteiger partial charge in [0.2, 0.25) is 15.9 Å². The number of rotatable bonds is 9. The van der Waals surface area contributed by atoms with E-state index in [0.29, 0.717) is 22.7 Å². The van der Waals surface area contributed by atoms with Crippen LogP contribution in [0.25, 0.3) is 11.4 Å². The van der Waals surface area contributed by atoms with Crippen LogP contribution in [0.1, 0.15) is 23.1 Å². The molecular weight excluding hydrogens is 446 g/mol. The minimum atomic E-state index is -3.64. The van der Waals surface area contributed by atoms with E-state index in [4.69, 9.17) is 12.2 Å².